The number of hydrogen-bond donors (Lipinski definition) is 0. The lowest BCUT2D eigenvalue weighted by molar-refractivity contribution is 0.103. The van der Waals surface area contributed by atoms with Crippen LogP contribution in [0.5, 0.6) is 0 Å². The monoisotopic (exact) mass is 466 g/mol. The Hall–Kier alpha value is -1.97. The number of carbonyl (C=O) groups excluding carboxylic acids is 1. The van der Waals surface area contributed by atoms with E-state index in [0.29, 0.717) is 10.7 Å². The fourth-order valence-corrected chi connectivity index (χ4v) is 4.74. The highest BCUT2D eigenvalue weighted by Crippen LogP contribution is 2.30. The summed E-state index contributed by atoms with van der Waals surface area (Å²) in [5.74, 6) is 0.0745. The molecule has 0 atom stereocenters. The van der Waals surface area contributed by atoms with Gasteiger partial charge in [-0.15, -0.1) is 0 Å². The summed E-state index contributed by atoms with van der Waals surface area (Å²) in [6.07, 6.45) is 0. The van der Waals surface area contributed by atoms with E-state index in [-0.39, 0.29) is 5.78 Å². The van der Waals surface area contributed by atoms with E-state index < -0.39 is 0 Å². The van der Waals surface area contributed by atoms with Crippen molar-refractivity contribution >= 4 is 59.2 Å². The highest BCUT2D eigenvalue weighted by atomic mass is 79.9. The van der Waals surface area contributed by atoms with Crippen LogP contribution in [0.15, 0.2) is 72.8 Å². The van der Waals surface area contributed by atoms with Gasteiger partial charge < -0.3 is 0 Å². The van der Waals surface area contributed by atoms with Gasteiger partial charge in [-0.05, 0) is 32.7 Å². The Labute approximate surface area is 169 Å². The van der Waals surface area contributed by atoms with Gasteiger partial charge >= 0.3 is 0 Å². The van der Waals surface area contributed by atoms with E-state index in [0.717, 1.165) is 43.8 Å². The van der Waals surface area contributed by atoms with Gasteiger partial charge in [0.1, 0.15) is 0 Å². The molecule has 0 saturated heterocycles. The molecule has 0 aromatic heterocycles. The zero-order valence-corrected chi connectivity index (χ0v) is 17.2. The minimum Gasteiger partial charge on any atom is -0.289 e. The predicted molar refractivity (Wildman–Crippen MR) is 117 cm³/mol. The van der Waals surface area contributed by atoms with Crippen molar-refractivity contribution in [3.8, 4) is 0 Å². The molecule has 0 aliphatic rings. The predicted octanol–water partition coefficient (Wildman–Crippen LogP) is 7.01. The molecular formula is C23H16Br2O. The van der Waals surface area contributed by atoms with Gasteiger partial charge in [-0.25, -0.2) is 0 Å². The maximum atomic E-state index is 13.5. The Balaban J connectivity index is 1.94. The number of fused-ring (bicyclic) bond motifs is 2. The van der Waals surface area contributed by atoms with Crippen LogP contribution < -0.4 is 0 Å². The minimum atomic E-state index is 0.0745. The molecule has 128 valence electrons. The van der Waals surface area contributed by atoms with Crippen LogP contribution in [0.3, 0.4) is 0 Å². The van der Waals surface area contributed by atoms with Crippen LogP contribution in [-0.2, 0) is 10.7 Å². The third-order valence-electron chi connectivity index (χ3n) is 4.84. The topological polar surface area (TPSA) is 17.1 Å². The quantitative estimate of drug-likeness (QED) is 0.233. The van der Waals surface area contributed by atoms with Crippen molar-refractivity contribution in [2.24, 2.45) is 0 Å². The molecule has 0 amide bonds. The van der Waals surface area contributed by atoms with E-state index in [1.165, 1.54) is 0 Å². The van der Waals surface area contributed by atoms with E-state index >= 15 is 0 Å². The number of rotatable bonds is 4. The van der Waals surface area contributed by atoms with Gasteiger partial charge in [0.05, 0.1) is 0 Å². The first kappa shape index (κ1) is 17.4. The van der Waals surface area contributed by atoms with Crippen LogP contribution in [-0.4, -0.2) is 5.78 Å². The molecule has 4 rings (SSSR count). The summed E-state index contributed by atoms with van der Waals surface area (Å²) in [7, 11) is 0. The number of ketones is 1. The molecule has 0 fully saturated rings. The fourth-order valence-electron chi connectivity index (χ4n) is 3.53. The third-order valence-corrected chi connectivity index (χ3v) is 5.96. The van der Waals surface area contributed by atoms with Crippen LogP contribution in [0.4, 0.5) is 0 Å². The van der Waals surface area contributed by atoms with Crippen LogP contribution in [0.2, 0.25) is 0 Å². The first-order valence-electron chi connectivity index (χ1n) is 8.42. The average molecular weight is 468 g/mol. The number of halogens is 2. The summed E-state index contributed by atoms with van der Waals surface area (Å²) in [5, 5.41) is 5.84. The van der Waals surface area contributed by atoms with Crippen LogP contribution in [0.25, 0.3) is 21.5 Å². The van der Waals surface area contributed by atoms with Gasteiger partial charge in [0.25, 0.3) is 0 Å². The molecule has 0 spiro atoms. The molecular weight excluding hydrogens is 452 g/mol. The fraction of sp³-hybridized carbons (Fsp3) is 0.0870. The minimum absolute atomic E-state index is 0.0745. The summed E-state index contributed by atoms with van der Waals surface area (Å²) in [4.78, 5) is 13.5. The van der Waals surface area contributed by atoms with Gasteiger partial charge in [-0.1, -0.05) is 105 Å². The summed E-state index contributed by atoms with van der Waals surface area (Å²) in [6.45, 7) is 0. The number of hydrogen-bond acceptors (Lipinski definition) is 1. The van der Waals surface area contributed by atoms with E-state index in [1.54, 1.807) is 0 Å². The standard InChI is InChI=1S/C23H16Br2O/c24-13-21-17-7-3-1-5-15(17)9-11-19(21)23(26)20-12-10-16-6-2-4-8-18(16)22(20)14-25/h1-12H,13-14H2. The Morgan fingerprint density at radius 2 is 1.04 bits per heavy atom. The van der Waals surface area contributed by atoms with Crippen LogP contribution in [0.1, 0.15) is 27.0 Å². The summed E-state index contributed by atoms with van der Waals surface area (Å²) < 4.78 is 0. The van der Waals surface area contributed by atoms with Crippen molar-refractivity contribution in [3.63, 3.8) is 0 Å². The molecule has 0 aliphatic carbocycles. The molecule has 3 heteroatoms. The van der Waals surface area contributed by atoms with Crippen molar-refractivity contribution in [2.45, 2.75) is 10.7 Å². The first-order chi connectivity index (χ1) is 12.7. The van der Waals surface area contributed by atoms with Gasteiger partial charge in [0.2, 0.25) is 0 Å². The second kappa shape index (κ2) is 7.34. The van der Waals surface area contributed by atoms with Gasteiger partial charge in [-0.2, -0.15) is 0 Å². The van der Waals surface area contributed by atoms with E-state index in [4.69, 9.17) is 0 Å². The number of carbonyl (C=O) groups is 1. The molecule has 4 aromatic carbocycles. The van der Waals surface area contributed by atoms with Crippen molar-refractivity contribution in [2.75, 3.05) is 0 Å². The first-order valence-corrected chi connectivity index (χ1v) is 10.7. The van der Waals surface area contributed by atoms with Crippen molar-refractivity contribution < 1.29 is 4.79 Å². The molecule has 0 saturated carbocycles. The maximum absolute atomic E-state index is 13.5. The Morgan fingerprint density at radius 1 is 0.615 bits per heavy atom. The van der Waals surface area contributed by atoms with Crippen molar-refractivity contribution in [1.82, 2.24) is 0 Å². The Bertz CT molecular complexity index is 1040. The summed E-state index contributed by atoms with van der Waals surface area (Å²) >= 11 is 7.17. The van der Waals surface area contributed by atoms with Gasteiger partial charge in [0, 0.05) is 21.8 Å². The second-order valence-corrected chi connectivity index (χ2v) is 7.34. The van der Waals surface area contributed by atoms with Crippen molar-refractivity contribution in [1.29, 1.82) is 0 Å². The smallest absolute Gasteiger partial charge is 0.193 e. The summed E-state index contributed by atoms with van der Waals surface area (Å²) in [6, 6.07) is 24.4. The van der Waals surface area contributed by atoms with Gasteiger partial charge in [0.15, 0.2) is 5.78 Å². The van der Waals surface area contributed by atoms with Crippen LogP contribution in [0, 0.1) is 0 Å². The van der Waals surface area contributed by atoms with E-state index in [1.807, 2.05) is 48.5 Å². The Morgan fingerprint density at radius 3 is 1.46 bits per heavy atom. The molecule has 0 aliphatic heterocycles. The van der Waals surface area contributed by atoms with Crippen molar-refractivity contribution in [3.05, 3.63) is 95.1 Å². The normalized spacial score (nSPS) is 11.2. The zero-order chi connectivity index (χ0) is 18.1. The third kappa shape index (κ3) is 2.89. The SMILES string of the molecule is O=C(c1ccc2ccccc2c1CBr)c1ccc2ccccc2c1CBr. The lowest BCUT2D eigenvalue weighted by Crippen LogP contribution is -2.08. The van der Waals surface area contributed by atoms with Gasteiger partial charge in [-0.3, -0.25) is 4.79 Å². The zero-order valence-electron chi connectivity index (χ0n) is 14.0. The molecule has 26 heavy (non-hydrogen) atoms. The molecule has 4 aromatic rings. The largest absolute Gasteiger partial charge is 0.289 e. The highest BCUT2D eigenvalue weighted by Gasteiger charge is 2.19. The Kier molecular flexibility index (Phi) is 4.92. The molecule has 0 unspecified atom stereocenters. The lowest BCUT2D eigenvalue weighted by Gasteiger charge is -2.14. The summed E-state index contributed by atoms with van der Waals surface area (Å²) in [5.41, 5.74) is 3.61. The number of benzene rings is 4. The molecule has 1 nitrogen and oxygen atoms in total. The van der Waals surface area contributed by atoms with E-state index in [9.17, 15) is 4.79 Å². The lowest BCUT2D eigenvalue weighted by atomic mass is 9.91. The molecule has 0 N–H and O–H groups in total. The molecule has 0 radical (unpaired) electrons. The maximum Gasteiger partial charge on any atom is 0.193 e. The number of alkyl halides is 2. The highest BCUT2D eigenvalue weighted by molar-refractivity contribution is 9.08. The average Bonchev–Trinajstić information content (AvgIpc) is 2.71. The second-order valence-electron chi connectivity index (χ2n) is 6.22. The molecule has 0 bridgehead atoms. The van der Waals surface area contributed by atoms with E-state index in [2.05, 4.69) is 56.1 Å². The van der Waals surface area contributed by atoms with Crippen LogP contribution >= 0.6 is 31.9 Å². The molecule has 0 heterocycles.